The van der Waals surface area contributed by atoms with Crippen LogP contribution in [-0.4, -0.2) is 28.5 Å². The second-order valence-electron chi connectivity index (χ2n) is 7.15. The summed E-state index contributed by atoms with van der Waals surface area (Å²) >= 11 is 2.82. The Hall–Kier alpha value is -2.39. The summed E-state index contributed by atoms with van der Waals surface area (Å²) in [6, 6.07) is 6.93. The van der Waals surface area contributed by atoms with Gasteiger partial charge in [-0.2, -0.15) is 0 Å². The highest BCUT2D eigenvalue weighted by Gasteiger charge is 2.22. The minimum absolute atomic E-state index is 0.0787. The first-order chi connectivity index (χ1) is 13.1. The van der Waals surface area contributed by atoms with E-state index in [1.165, 1.54) is 30.0 Å². The van der Waals surface area contributed by atoms with Crippen LogP contribution in [0.3, 0.4) is 0 Å². The predicted octanol–water partition coefficient (Wildman–Crippen LogP) is 3.96. The van der Waals surface area contributed by atoms with Gasteiger partial charge in [-0.05, 0) is 24.3 Å². The van der Waals surface area contributed by atoms with Crippen molar-refractivity contribution in [1.29, 1.82) is 0 Å². The van der Waals surface area contributed by atoms with Crippen molar-refractivity contribution in [3.63, 3.8) is 0 Å². The standard InChI is InChI=1S/C19H24N4O3S2/c1-12(24)20-13-5-7-14(8-6-13)21-16(25)11-27-9-15-10-28-18(22-15)23-17(26)19(2,3)4/h5-8,10H,9,11H2,1-4H3,(H,20,24)(H,21,25)(H,22,23,26). The van der Waals surface area contributed by atoms with Crippen LogP contribution in [0.4, 0.5) is 16.5 Å². The second kappa shape index (κ2) is 9.70. The number of amides is 3. The van der Waals surface area contributed by atoms with Crippen LogP contribution in [0.5, 0.6) is 0 Å². The Labute approximate surface area is 172 Å². The highest BCUT2D eigenvalue weighted by molar-refractivity contribution is 7.99. The molecule has 0 aliphatic carbocycles. The number of aromatic nitrogens is 1. The molecule has 3 N–H and O–H groups in total. The minimum atomic E-state index is -0.473. The average molecular weight is 421 g/mol. The number of benzene rings is 1. The van der Waals surface area contributed by atoms with Gasteiger partial charge in [0.1, 0.15) is 0 Å². The Bertz CT molecular complexity index is 842. The van der Waals surface area contributed by atoms with Gasteiger partial charge in [-0.3, -0.25) is 14.4 Å². The molecular weight excluding hydrogens is 396 g/mol. The molecular formula is C19H24N4O3S2. The first-order valence-corrected chi connectivity index (χ1v) is 10.7. The second-order valence-corrected chi connectivity index (χ2v) is 8.99. The van der Waals surface area contributed by atoms with Crippen LogP contribution >= 0.6 is 23.1 Å². The molecule has 0 atom stereocenters. The van der Waals surface area contributed by atoms with E-state index >= 15 is 0 Å². The quantitative estimate of drug-likeness (QED) is 0.630. The summed E-state index contributed by atoms with van der Waals surface area (Å²) in [5.41, 5.74) is 1.70. The van der Waals surface area contributed by atoms with E-state index in [0.29, 0.717) is 22.3 Å². The Morgan fingerprint density at radius 1 is 1.04 bits per heavy atom. The van der Waals surface area contributed by atoms with Gasteiger partial charge in [-0.25, -0.2) is 4.98 Å². The van der Waals surface area contributed by atoms with E-state index in [9.17, 15) is 14.4 Å². The largest absolute Gasteiger partial charge is 0.326 e. The summed E-state index contributed by atoms with van der Waals surface area (Å²) in [6.45, 7) is 6.98. The molecule has 0 aliphatic heterocycles. The summed E-state index contributed by atoms with van der Waals surface area (Å²) in [7, 11) is 0. The summed E-state index contributed by atoms with van der Waals surface area (Å²) < 4.78 is 0. The van der Waals surface area contributed by atoms with Crippen molar-refractivity contribution in [1.82, 2.24) is 4.98 Å². The Balaban J connectivity index is 1.75. The molecule has 2 aromatic rings. The highest BCUT2D eigenvalue weighted by Crippen LogP contribution is 2.23. The van der Waals surface area contributed by atoms with Crippen LogP contribution in [0.2, 0.25) is 0 Å². The smallest absolute Gasteiger partial charge is 0.234 e. The van der Waals surface area contributed by atoms with E-state index in [1.54, 1.807) is 24.3 Å². The maximum Gasteiger partial charge on any atom is 0.234 e. The van der Waals surface area contributed by atoms with Gasteiger partial charge in [0.05, 0.1) is 11.4 Å². The topological polar surface area (TPSA) is 100 Å². The SMILES string of the molecule is CC(=O)Nc1ccc(NC(=O)CSCc2csc(NC(=O)C(C)(C)C)n2)cc1. The van der Waals surface area contributed by atoms with Crippen LogP contribution < -0.4 is 16.0 Å². The molecule has 0 unspecified atom stereocenters. The number of hydrogen-bond acceptors (Lipinski definition) is 6. The third-order valence-electron chi connectivity index (χ3n) is 3.43. The first kappa shape index (κ1) is 21.9. The number of nitrogens with zero attached hydrogens (tertiary/aromatic N) is 1. The van der Waals surface area contributed by atoms with Gasteiger partial charge in [0.2, 0.25) is 17.7 Å². The highest BCUT2D eigenvalue weighted by atomic mass is 32.2. The van der Waals surface area contributed by atoms with Crippen molar-refractivity contribution >= 4 is 57.3 Å². The van der Waals surface area contributed by atoms with Crippen molar-refractivity contribution in [3.05, 3.63) is 35.3 Å². The monoisotopic (exact) mass is 420 g/mol. The first-order valence-electron chi connectivity index (χ1n) is 8.64. The lowest BCUT2D eigenvalue weighted by Gasteiger charge is -2.15. The van der Waals surface area contributed by atoms with Gasteiger partial charge in [-0.15, -0.1) is 23.1 Å². The summed E-state index contributed by atoms with van der Waals surface area (Å²) in [4.78, 5) is 39.4. The molecule has 1 aromatic heterocycles. The molecule has 7 nitrogen and oxygen atoms in total. The van der Waals surface area contributed by atoms with Gasteiger partial charge in [0.25, 0.3) is 0 Å². The molecule has 0 saturated heterocycles. The fraction of sp³-hybridized carbons (Fsp3) is 0.368. The molecule has 0 aliphatic rings. The Kier molecular flexibility index (Phi) is 7.59. The van der Waals surface area contributed by atoms with Gasteiger partial charge < -0.3 is 16.0 Å². The number of thioether (sulfide) groups is 1. The van der Waals surface area contributed by atoms with Crippen molar-refractivity contribution in [2.75, 3.05) is 21.7 Å². The maximum absolute atomic E-state index is 12.0. The third-order valence-corrected chi connectivity index (χ3v) is 5.20. The number of anilines is 3. The van der Waals surface area contributed by atoms with Gasteiger partial charge in [0, 0.05) is 34.8 Å². The zero-order chi connectivity index (χ0) is 20.7. The molecule has 0 radical (unpaired) electrons. The number of hydrogen-bond donors (Lipinski definition) is 3. The van der Waals surface area contributed by atoms with Crippen molar-refractivity contribution in [2.24, 2.45) is 5.41 Å². The van der Waals surface area contributed by atoms with Crippen LogP contribution in [0, 0.1) is 5.41 Å². The fourth-order valence-corrected chi connectivity index (χ4v) is 3.53. The van der Waals surface area contributed by atoms with Crippen LogP contribution in [0.15, 0.2) is 29.6 Å². The normalized spacial score (nSPS) is 11.0. The van der Waals surface area contributed by atoms with E-state index < -0.39 is 5.41 Å². The molecule has 2 rings (SSSR count). The van der Waals surface area contributed by atoms with Crippen molar-refractivity contribution < 1.29 is 14.4 Å². The lowest BCUT2D eigenvalue weighted by atomic mass is 9.96. The molecule has 0 fully saturated rings. The molecule has 1 aromatic carbocycles. The van der Waals surface area contributed by atoms with E-state index in [4.69, 9.17) is 0 Å². The van der Waals surface area contributed by atoms with E-state index in [0.717, 1.165) is 5.69 Å². The summed E-state index contributed by atoms with van der Waals surface area (Å²) in [5.74, 6) is 0.529. The van der Waals surface area contributed by atoms with Gasteiger partial charge >= 0.3 is 0 Å². The minimum Gasteiger partial charge on any atom is -0.326 e. The number of nitrogens with one attached hydrogen (secondary N) is 3. The van der Waals surface area contributed by atoms with Crippen LogP contribution in [-0.2, 0) is 20.1 Å². The van der Waals surface area contributed by atoms with Gasteiger partial charge in [-0.1, -0.05) is 20.8 Å². The molecule has 9 heteroatoms. The van der Waals surface area contributed by atoms with Crippen LogP contribution in [0.25, 0.3) is 0 Å². The van der Waals surface area contributed by atoms with E-state index in [1.807, 2.05) is 26.2 Å². The lowest BCUT2D eigenvalue weighted by molar-refractivity contribution is -0.123. The summed E-state index contributed by atoms with van der Waals surface area (Å²) in [6.07, 6.45) is 0. The fourth-order valence-electron chi connectivity index (χ4n) is 2.00. The molecule has 0 spiro atoms. The third kappa shape index (κ3) is 7.32. The maximum atomic E-state index is 12.0. The van der Waals surface area contributed by atoms with Gasteiger partial charge in [0.15, 0.2) is 5.13 Å². The van der Waals surface area contributed by atoms with E-state index in [2.05, 4.69) is 20.9 Å². The predicted molar refractivity (Wildman–Crippen MR) is 116 cm³/mol. The zero-order valence-electron chi connectivity index (χ0n) is 16.3. The molecule has 0 saturated carbocycles. The molecule has 28 heavy (non-hydrogen) atoms. The van der Waals surface area contributed by atoms with E-state index in [-0.39, 0.29) is 23.5 Å². The number of carbonyl (C=O) groups excluding carboxylic acids is 3. The lowest BCUT2D eigenvalue weighted by Crippen LogP contribution is -2.27. The average Bonchev–Trinajstić information content (AvgIpc) is 3.02. The zero-order valence-corrected chi connectivity index (χ0v) is 17.9. The molecule has 150 valence electrons. The Morgan fingerprint density at radius 3 is 2.21 bits per heavy atom. The number of rotatable bonds is 7. The molecule has 0 bridgehead atoms. The summed E-state index contributed by atoms with van der Waals surface area (Å²) in [5, 5.41) is 10.7. The molecule has 3 amide bonds. The van der Waals surface area contributed by atoms with Crippen molar-refractivity contribution in [3.8, 4) is 0 Å². The Morgan fingerprint density at radius 2 is 1.64 bits per heavy atom. The number of carbonyl (C=O) groups is 3. The number of thiazole rings is 1. The molecule has 1 heterocycles. The van der Waals surface area contributed by atoms with Crippen LogP contribution in [0.1, 0.15) is 33.4 Å². The van der Waals surface area contributed by atoms with Crippen molar-refractivity contribution in [2.45, 2.75) is 33.4 Å².